The number of nitrogens with one attached hydrogen (secondary N) is 1. The molecule has 130 valence electrons. The predicted octanol–water partition coefficient (Wildman–Crippen LogP) is 3.00. The van der Waals surface area contributed by atoms with Gasteiger partial charge in [-0.25, -0.2) is 0 Å². The van der Waals surface area contributed by atoms with Crippen molar-refractivity contribution in [2.45, 2.75) is 57.9 Å². The first-order valence-electron chi connectivity index (χ1n) is 8.94. The number of esters is 1. The van der Waals surface area contributed by atoms with Crippen LogP contribution < -0.4 is 5.32 Å². The lowest BCUT2D eigenvalue weighted by Gasteiger charge is -2.59. The highest BCUT2D eigenvalue weighted by Crippen LogP contribution is 2.61. The number of ether oxygens (including phenoxy) is 1. The minimum absolute atomic E-state index is 0.130. The van der Waals surface area contributed by atoms with E-state index >= 15 is 0 Å². The highest BCUT2D eigenvalue weighted by molar-refractivity contribution is 7.99. The summed E-state index contributed by atoms with van der Waals surface area (Å²) in [5.41, 5.74) is 0.365. The first kappa shape index (κ1) is 17.1. The lowest BCUT2D eigenvalue weighted by atomic mass is 9.48. The minimum atomic E-state index is -0.225. The van der Waals surface area contributed by atoms with Crippen LogP contribution in [0.5, 0.6) is 0 Å². The molecule has 0 spiro atoms. The van der Waals surface area contributed by atoms with Gasteiger partial charge in [0.25, 0.3) is 0 Å². The molecule has 0 radical (unpaired) electrons. The van der Waals surface area contributed by atoms with Crippen LogP contribution in [0, 0.1) is 23.2 Å². The number of rotatable bonds is 7. The van der Waals surface area contributed by atoms with Crippen molar-refractivity contribution in [1.82, 2.24) is 5.32 Å². The van der Waals surface area contributed by atoms with Crippen LogP contribution in [-0.2, 0) is 14.3 Å². The maximum atomic E-state index is 12.2. The fourth-order valence-corrected chi connectivity index (χ4v) is 6.31. The third kappa shape index (κ3) is 3.86. The number of hydrogen-bond donors (Lipinski definition) is 1. The molecule has 0 heterocycles. The summed E-state index contributed by atoms with van der Waals surface area (Å²) in [7, 11) is 1.39. The molecule has 4 nitrogen and oxygen atoms in total. The summed E-state index contributed by atoms with van der Waals surface area (Å²) in [6.45, 7) is 2.21. The largest absolute Gasteiger partial charge is 0.468 e. The number of hydrogen-bond acceptors (Lipinski definition) is 4. The maximum absolute atomic E-state index is 12.2. The summed E-state index contributed by atoms with van der Waals surface area (Å²) in [6, 6.07) is 0.286. The van der Waals surface area contributed by atoms with Crippen molar-refractivity contribution in [2.24, 2.45) is 23.2 Å². The Balaban J connectivity index is 1.44. The van der Waals surface area contributed by atoms with E-state index in [1.54, 1.807) is 0 Å². The van der Waals surface area contributed by atoms with E-state index in [9.17, 15) is 9.59 Å². The zero-order chi connectivity index (χ0) is 16.4. The minimum Gasteiger partial charge on any atom is -0.468 e. The van der Waals surface area contributed by atoms with Gasteiger partial charge in [-0.3, -0.25) is 9.59 Å². The molecule has 4 saturated carbocycles. The van der Waals surface area contributed by atoms with E-state index in [0.717, 1.165) is 17.8 Å². The number of methoxy groups -OCH3 is 1. The number of amides is 1. The second-order valence-electron chi connectivity index (χ2n) is 7.95. The number of carbonyl (C=O) groups excluding carboxylic acids is 2. The van der Waals surface area contributed by atoms with Gasteiger partial charge in [0.15, 0.2) is 0 Å². The van der Waals surface area contributed by atoms with Crippen molar-refractivity contribution in [3.8, 4) is 0 Å². The molecule has 1 N–H and O–H groups in total. The topological polar surface area (TPSA) is 55.4 Å². The highest BCUT2D eigenvalue weighted by atomic mass is 32.2. The molecule has 0 saturated heterocycles. The van der Waals surface area contributed by atoms with E-state index in [-0.39, 0.29) is 17.9 Å². The lowest BCUT2D eigenvalue weighted by molar-refractivity contribution is -0.137. The van der Waals surface area contributed by atoms with Crippen LogP contribution >= 0.6 is 11.8 Å². The predicted molar refractivity (Wildman–Crippen MR) is 92.2 cm³/mol. The summed E-state index contributed by atoms with van der Waals surface area (Å²) in [4.78, 5) is 23.3. The van der Waals surface area contributed by atoms with Gasteiger partial charge in [0.2, 0.25) is 5.91 Å². The van der Waals surface area contributed by atoms with Crippen molar-refractivity contribution in [3.63, 3.8) is 0 Å². The van der Waals surface area contributed by atoms with Gasteiger partial charge < -0.3 is 10.1 Å². The van der Waals surface area contributed by atoms with E-state index in [1.807, 2.05) is 0 Å². The van der Waals surface area contributed by atoms with Crippen LogP contribution in [0.4, 0.5) is 0 Å². The van der Waals surface area contributed by atoms with Crippen LogP contribution in [-0.4, -0.2) is 36.5 Å². The Morgan fingerprint density at radius 1 is 1.17 bits per heavy atom. The third-order valence-electron chi connectivity index (χ3n) is 6.30. The quantitative estimate of drug-likeness (QED) is 0.572. The van der Waals surface area contributed by atoms with Gasteiger partial charge in [0, 0.05) is 18.2 Å². The Hall–Kier alpha value is -0.710. The van der Waals surface area contributed by atoms with Crippen LogP contribution in [0.1, 0.15) is 51.9 Å². The molecule has 4 aliphatic carbocycles. The summed E-state index contributed by atoms with van der Waals surface area (Å²) in [6.07, 6.45) is 8.74. The Kier molecular flexibility index (Phi) is 5.24. The average Bonchev–Trinajstić information content (AvgIpc) is 2.50. The average molecular weight is 340 g/mol. The molecule has 0 aromatic heterocycles. The molecule has 1 unspecified atom stereocenters. The monoisotopic (exact) mass is 339 g/mol. The van der Waals surface area contributed by atoms with E-state index < -0.39 is 0 Å². The van der Waals surface area contributed by atoms with Crippen molar-refractivity contribution >= 4 is 23.6 Å². The van der Waals surface area contributed by atoms with E-state index in [0.29, 0.717) is 23.3 Å². The number of carbonyl (C=O) groups is 2. The first-order valence-corrected chi connectivity index (χ1v) is 10.1. The standard InChI is InChI=1S/C18H29NO3S/c1-12(19-16(20)3-4-23-11-17(21)22-2)18-8-13-5-14(9-18)7-15(6-13)10-18/h12-15H,3-11H2,1-2H3,(H,19,20). The smallest absolute Gasteiger partial charge is 0.315 e. The molecule has 0 aliphatic heterocycles. The SMILES string of the molecule is COC(=O)CSCCC(=O)NC(C)C12CC3CC(CC(C3)C1)C2. The van der Waals surface area contributed by atoms with Gasteiger partial charge in [-0.05, 0) is 68.6 Å². The molecule has 4 aliphatic rings. The normalized spacial score (nSPS) is 35.8. The van der Waals surface area contributed by atoms with Gasteiger partial charge in [0.05, 0.1) is 12.9 Å². The highest BCUT2D eigenvalue weighted by Gasteiger charge is 2.53. The van der Waals surface area contributed by atoms with Crippen molar-refractivity contribution < 1.29 is 14.3 Å². The lowest BCUT2D eigenvalue weighted by Crippen LogP contribution is -2.55. The molecule has 0 aromatic carbocycles. The van der Waals surface area contributed by atoms with E-state index in [2.05, 4.69) is 17.0 Å². The fraction of sp³-hybridized carbons (Fsp3) is 0.889. The Bertz CT molecular complexity index is 430. The van der Waals surface area contributed by atoms with Gasteiger partial charge in [-0.2, -0.15) is 0 Å². The molecule has 4 bridgehead atoms. The Morgan fingerprint density at radius 2 is 1.74 bits per heavy atom. The second kappa shape index (κ2) is 7.04. The molecule has 23 heavy (non-hydrogen) atoms. The summed E-state index contributed by atoms with van der Waals surface area (Å²) in [5.74, 6) is 3.65. The Labute approximate surface area is 143 Å². The summed E-state index contributed by atoms with van der Waals surface area (Å²) < 4.78 is 4.60. The fourth-order valence-electron chi connectivity index (χ4n) is 5.55. The van der Waals surface area contributed by atoms with Crippen LogP contribution in [0.3, 0.4) is 0 Å². The maximum Gasteiger partial charge on any atom is 0.315 e. The third-order valence-corrected chi connectivity index (χ3v) is 7.24. The van der Waals surface area contributed by atoms with Crippen molar-refractivity contribution in [1.29, 1.82) is 0 Å². The van der Waals surface area contributed by atoms with Crippen molar-refractivity contribution in [3.05, 3.63) is 0 Å². The molecular weight excluding hydrogens is 310 g/mol. The van der Waals surface area contributed by atoms with Gasteiger partial charge in [-0.1, -0.05) is 0 Å². The zero-order valence-corrected chi connectivity index (χ0v) is 15.1. The van der Waals surface area contributed by atoms with E-state index in [1.165, 1.54) is 57.4 Å². The first-order chi connectivity index (χ1) is 11.0. The van der Waals surface area contributed by atoms with Crippen LogP contribution in [0.25, 0.3) is 0 Å². The van der Waals surface area contributed by atoms with Gasteiger partial charge in [-0.15, -0.1) is 11.8 Å². The molecule has 4 rings (SSSR count). The van der Waals surface area contributed by atoms with Gasteiger partial charge in [0.1, 0.15) is 0 Å². The molecule has 1 atom stereocenters. The molecular formula is C18H29NO3S. The zero-order valence-electron chi connectivity index (χ0n) is 14.3. The molecule has 1 amide bonds. The summed E-state index contributed by atoms with van der Waals surface area (Å²) >= 11 is 1.47. The van der Waals surface area contributed by atoms with Crippen LogP contribution in [0.2, 0.25) is 0 Å². The second-order valence-corrected chi connectivity index (χ2v) is 9.05. The Morgan fingerprint density at radius 3 is 2.26 bits per heavy atom. The molecule has 0 aromatic rings. The van der Waals surface area contributed by atoms with Gasteiger partial charge >= 0.3 is 5.97 Å². The molecule has 4 fully saturated rings. The van der Waals surface area contributed by atoms with E-state index in [4.69, 9.17) is 0 Å². The van der Waals surface area contributed by atoms with Crippen molar-refractivity contribution in [2.75, 3.05) is 18.6 Å². The molecule has 5 heteroatoms. The summed E-state index contributed by atoms with van der Waals surface area (Å²) in [5, 5.41) is 3.27. The van der Waals surface area contributed by atoms with Crippen LogP contribution in [0.15, 0.2) is 0 Å². The number of thioether (sulfide) groups is 1.